The van der Waals surface area contributed by atoms with Crippen LogP contribution in [-0.2, 0) is 4.74 Å². The van der Waals surface area contributed by atoms with E-state index >= 15 is 0 Å². The fourth-order valence-corrected chi connectivity index (χ4v) is 1.85. The number of hydrazine groups is 1. The van der Waals surface area contributed by atoms with Crippen molar-refractivity contribution in [3.8, 4) is 11.5 Å². The Morgan fingerprint density at radius 1 is 1.10 bits per heavy atom. The lowest BCUT2D eigenvalue weighted by atomic mass is 10.2. The maximum Gasteiger partial charge on any atom is 0.144 e. The van der Waals surface area contributed by atoms with Crippen LogP contribution in [0, 0.1) is 0 Å². The van der Waals surface area contributed by atoms with Crippen LogP contribution in [0.4, 0.5) is 11.4 Å². The summed E-state index contributed by atoms with van der Waals surface area (Å²) in [6.07, 6.45) is 0. The largest absolute Gasteiger partial charge is 0.508 e. The number of rotatable bonds is 6. The van der Waals surface area contributed by atoms with Crippen LogP contribution in [0.3, 0.4) is 0 Å². The lowest BCUT2D eigenvalue weighted by Crippen LogP contribution is -2.36. The van der Waals surface area contributed by atoms with Crippen LogP contribution in [0.2, 0.25) is 0 Å². The van der Waals surface area contributed by atoms with Gasteiger partial charge in [-0.1, -0.05) is 18.2 Å². The molecule has 0 heterocycles. The Hall–Kier alpha value is -2.24. The maximum absolute atomic E-state index is 10.0. The Morgan fingerprint density at radius 3 is 2.50 bits per heavy atom. The minimum atomic E-state index is -0.00114. The average molecular weight is 274 g/mol. The second-order valence-corrected chi connectivity index (χ2v) is 4.24. The van der Waals surface area contributed by atoms with Crippen molar-refractivity contribution >= 4 is 11.4 Å². The first-order valence-electron chi connectivity index (χ1n) is 6.32. The summed E-state index contributed by atoms with van der Waals surface area (Å²) in [5.74, 6) is 0.0231. The molecule has 2 aromatic carbocycles. The van der Waals surface area contributed by atoms with E-state index in [0.717, 1.165) is 5.69 Å². The molecule has 0 aliphatic carbocycles. The van der Waals surface area contributed by atoms with E-state index in [0.29, 0.717) is 18.8 Å². The van der Waals surface area contributed by atoms with E-state index in [1.165, 1.54) is 12.1 Å². The molecule has 0 saturated heterocycles. The summed E-state index contributed by atoms with van der Waals surface area (Å²) in [6.45, 7) is 1.13. The van der Waals surface area contributed by atoms with E-state index in [4.69, 9.17) is 4.74 Å². The number of hydrogen-bond acceptors (Lipinski definition) is 5. The highest BCUT2D eigenvalue weighted by Gasteiger charge is 2.13. The molecule has 0 fully saturated rings. The first kappa shape index (κ1) is 14.2. The van der Waals surface area contributed by atoms with E-state index in [9.17, 15) is 10.2 Å². The quantitative estimate of drug-likeness (QED) is 0.557. The average Bonchev–Trinajstić information content (AvgIpc) is 2.46. The van der Waals surface area contributed by atoms with Gasteiger partial charge in [-0.15, -0.1) is 0 Å². The van der Waals surface area contributed by atoms with Crippen LogP contribution in [0.1, 0.15) is 0 Å². The highest BCUT2D eigenvalue weighted by atomic mass is 16.5. The molecule has 0 spiro atoms. The van der Waals surface area contributed by atoms with Crippen molar-refractivity contribution in [2.24, 2.45) is 0 Å². The molecular weight excluding hydrogens is 256 g/mol. The summed E-state index contributed by atoms with van der Waals surface area (Å²) in [4.78, 5) is 0. The number of phenols is 2. The number of hydrogen-bond donors (Lipinski definition) is 3. The normalized spacial score (nSPS) is 10.4. The van der Waals surface area contributed by atoms with Crippen LogP contribution < -0.4 is 10.4 Å². The molecular formula is C15H18N2O3. The summed E-state index contributed by atoms with van der Waals surface area (Å²) in [5, 5.41) is 21.1. The van der Waals surface area contributed by atoms with Crippen molar-refractivity contribution in [3.05, 3.63) is 48.5 Å². The molecule has 0 amide bonds. The lowest BCUT2D eigenvalue weighted by molar-refractivity contribution is 0.199. The topological polar surface area (TPSA) is 65.0 Å². The van der Waals surface area contributed by atoms with Crippen LogP contribution >= 0.6 is 0 Å². The standard InChI is InChI=1S/C15H18N2O3/c1-20-10-9-16-17(12-5-3-2-4-6-12)14-8-7-13(18)11-15(14)19/h2-8,11,16,18-19H,9-10H2,1H3. The number of anilines is 2. The van der Waals surface area contributed by atoms with Gasteiger partial charge in [-0.2, -0.15) is 0 Å². The zero-order valence-electron chi connectivity index (χ0n) is 11.3. The van der Waals surface area contributed by atoms with Crippen LogP contribution in [0.5, 0.6) is 11.5 Å². The van der Waals surface area contributed by atoms with Crippen LogP contribution in [-0.4, -0.2) is 30.5 Å². The summed E-state index contributed by atoms with van der Waals surface area (Å²) >= 11 is 0. The molecule has 0 radical (unpaired) electrons. The fraction of sp³-hybridized carbons (Fsp3) is 0.200. The number of nitrogens with zero attached hydrogens (tertiary/aromatic N) is 1. The van der Waals surface area contributed by atoms with E-state index < -0.39 is 0 Å². The van der Waals surface area contributed by atoms with Crippen LogP contribution in [0.25, 0.3) is 0 Å². The molecule has 2 rings (SSSR count). The van der Waals surface area contributed by atoms with Crippen molar-refractivity contribution in [2.75, 3.05) is 25.3 Å². The molecule has 0 atom stereocenters. The van der Waals surface area contributed by atoms with Gasteiger partial charge in [-0.3, -0.25) is 5.01 Å². The first-order chi connectivity index (χ1) is 9.72. The summed E-state index contributed by atoms with van der Waals surface area (Å²) in [6, 6.07) is 14.1. The molecule has 2 aromatic rings. The van der Waals surface area contributed by atoms with Gasteiger partial charge in [0.25, 0.3) is 0 Å². The van der Waals surface area contributed by atoms with E-state index in [1.54, 1.807) is 18.2 Å². The van der Waals surface area contributed by atoms with Gasteiger partial charge in [-0.05, 0) is 24.3 Å². The Labute approximate surface area is 118 Å². The smallest absolute Gasteiger partial charge is 0.144 e. The third-order valence-electron chi connectivity index (χ3n) is 2.79. The molecule has 3 N–H and O–H groups in total. The van der Waals surface area contributed by atoms with Crippen molar-refractivity contribution in [3.63, 3.8) is 0 Å². The van der Waals surface area contributed by atoms with Gasteiger partial charge < -0.3 is 14.9 Å². The fourth-order valence-electron chi connectivity index (χ4n) is 1.85. The second kappa shape index (κ2) is 6.79. The van der Waals surface area contributed by atoms with Gasteiger partial charge in [-0.25, -0.2) is 5.43 Å². The van der Waals surface area contributed by atoms with Crippen molar-refractivity contribution in [1.82, 2.24) is 5.43 Å². The highest BCUT2D eigenvalue weighted by molar-refractivity contribution is 5.68. The number of benzene rings is 2. The number of para-hydroxylation sites is 1. The van der Waals surface area contributed by atoms with E-state index in [2.05, 4.69) is 5.43 Å². The Bertz CT molecular complexity index is 546. The van der Waals surface area contributed by atoms with Gasteiger partial charge in [0, 0.05) is 19.7 Å². The minimum Gasteiger partial charge on any atom is -0.508 e. The second-order valence-electron chi connectivity index (χ2n) is 4.24. The monoisotopic (exact) mass is 274 g/mol. The van der Waals surface area contributed by atoms with Crippen molar-refractivity contribution < 1.29 is 14.9 Å². The van der Waals surface area contributed by atoms with Gasteiger partial charge in [0.2, 0.25) is 0 Å². The molecule has 0 unspecified atom stereocenters. The predicted molar refractivity (Wildman–Crippen MR) is 78.2 cm³/mol. The first-order valence-corrected chi connectivity index (χ1v) is 6.32. The van der Waals surface area contributed by atoms with Crippen molar-refractivity contribution in [2.45, 2.75) is 0 Å². The molecule has 0 saturated carbocycles. The molecule has 0 bridgehead atoms. The third-order valence-corrected chi connectivity index (χ3v) is 2.79. The Kier molecular flexibility index (Phi) is 4.81. The number of aromatic hydroxyl groups is 2. The summed E-state index contributed by atoms with van der Waals surface area (Å²) in [7, 11) is 1.63. The highest BCUT2D eigenvalue weighted by Crippen LogP contribution is 2.33. The molecule has 5 nitrogen and oxygen atoms in total. The third kappa shape index (κ3) is 3.40. The summed E-state index contributed by atoms with van der Waals surface area (Å²) in [5.41, 5.74) is 4.62. The molecule has 5 heteroatoms. The van der Waals surface area contributed by atoms with Gasteiger partial charge >= 0.3 is 0 Å². The van der Waals surface area contributed by atoms with E-state index in [-0.39, 0.29) is 11.5 Å². The number of phenolic OH excluding ortho intramolecular Hbond substituents is 2. The predicted octanol–water partition coefficient (Wildman–Crippen LogP) is 2.39. The minimum absolute atomic E-state index is 0.00114. The SMILES string of the molecule is COCCNN(c1ccccc1)c1ccc(O)cc1O. The zero-order chi connectivity index (χ0) is 14.4. The van der Waals surface area contributed by atoms with Gasteiger partial charge in [0.05, 0.1) is 18.0 Å². The molecule has 0 aliphatic heterocycles. The summed E-state index contributed by atoms with van der Waals surface area (Å²) < 4.78 is 5.02. The van der Waals surface area contributed by atoms with Crippen molar-refractivity contribution in [1.29, 1.82) is 0 Å². The van der Waals surface area contributed by atoms with Gasteiger partial charge in [0.1, 0.15) is 11.5 Å². The number of nitrogens with one attached hydrogen (secondary N) is 1. The van der Waals surface area contributed by atoms with Gasteiger partial charge in [0.15, 0.2) is 0 Å². The molecule has 0 aliphatic rings. The molecule has 0 aromatic heterocycles. The number of methoxy groups -OCH3 is 1. The molecule has 106 valence electrons. The molecule has 20 heavy (non-hydrogen) atoms. The number of ether oxygens (including phenoxy) is 1. The Morgan fingerprint density at radius 2 is 1.85 bits per heavy atom. The maximum atomic E-state index is 10.0. The lowest BCUT2D eigenvalue weighted by Gasteiger charge is -2.26. The van der Waals surface area contributed by atoms with Crippen LogP contribution in [0.15, 0.2) is 48.5 Å². The Balaban J connectivity index is 2.30. The zero-order valence-corrected chi connectivity index (χ0v) is 11.3. The van der Waals surface area contributed by atoms with E-state index in [1.807, 2.05) is 30.3 Å².